The number of benzene rings is 2. The number of hydrogen-bond donors (Lipinski definition) is 2. The molecule has 26 heavy (non-hydrogen) atoms. The van der Waals surface area contributed by atoms with E-state index in [1.165, 1.54) is 11.1 Å². The molecule has 6 nitrogen and oxygen atoms in total. The van der Waals surface area contributed by atoms with E-state index < -0.39 is 0 Å². The zero-order valence-corrected chi connectivity index (χ0v) is 14.7. The maximum atomic E-state index is 5.84. The Hall–Kier alpha value is -2.86. The normalized spacial score (nSPS) is 18.5. The van der Waals surface area contributed by atoms with Crippen molar-refractivity contribution in [2.45, 2.75) is 31.5 Å². The summed E-state index contributed by atoms with van der Waals surface area (Å²) in [4.78, 5) is 0. The van der Waals surface area contributed by atoms with Gasteiger partial charge in [0.2, 0.25) is 5.89 Å². The van der Waals surface area contributed by atoms with Crippen molar-refractivity contribution < 1.29 is 9.15 Å². The predicted molar refractivity (Wildman–Crippen MR) is 99.0 cm³/mol. The number of nitrogens with zero attached hydrogens (tertiary/aromatic N) is 2. The zero-order chi connectivity index (χ0) is 17.8. The molecule has 1 aromatic heterocycles. The maximum absolute atomic E-state index is 5.84. The molecule has 0 spiro atoms. The van der Waals surface area contributed by atoms with Gasteiger partial charge in [-0.05, 0) is 29.7 Å². The van der Waals surface area contributed by atoms with Crippen LogP contribution in [0.4, 0.5) is 6.01 Å². The largest absolute Gasteiger partial charge is 0.489 e. The van der Waals surface area contributed by atoms with Crippen LogP contribution in [0.1, 0.15) is 29.4 Å². The Morgan fingerprint density at radius 1 is 1.08 bits per heavy atom. The number of aromatic nitrogens is 2. The summed E-state index contributed by atoms with van der Waals surface area (Å²) in [6.45, 7) is 1.18. The first-order valence-corrected chi connectivity index (χ1v) is 8.82. The third kappa shape index (κ3) is 4.03. The third-order valence-electron chi connectivity index (χ3n) is 4.54. The quantitative estimate of drug-likeness (QED) is 0.649. The molecule has 6 heteroatoms. The molecule has 3 aromatic rings. The molecule has 0 saturated heterocycles. The van der Waals surface area contributed by atoms with Crippen LogP contribution < -0.4 is 15.4 Å². The molecule has 2 N–H and O–H groups in total. The van der Waals surface area contributed by atoms with Crippen LogP contribution >= 0.6 is 0 Å². The Balaban J connectivity index is 1.25. The van der Waals surface area contributed by atoms with E-state index in [9.17, 15) is 0 Å². The second kappa shape index (κ2) is 7.58. The molecule has 2 atom stereocenters. The molecule has 0 bridgehead atoms. The molecule has 0 amide bonds. The first-order chi connectivity index (χ1) is 12.8. The zero-order valence-electron chi connectivity index (χ0n) is 14.7. The van der Waals surface area contributed by atoms with E-state index in [0.717, 1.165) is 12.2 Å². The minimum atomic E-state index is 0.445. The van der Waals surface area contributed by atoms with Gasteiger partial charge in [0, 0.05) is 19.0 Å². The minimum Gasteiger partial charge on any atom is -0.489 e. The van der Waals surface area contributed by atoms with Gasteiger partial charge in [0.15, 0.2) is 0 Å². The molecule has 2 aromatic carbocycles. The average Bonchev–Trinajstić information content (AvgIpc) is 3.33. The number of rotatable bonds is 8. The molecule has 134 valence electrons. The first kappa shape index (κ1) is 16.6. The van der Waals surface area contributed by atoms with E-state index in [0.29, 0.717) is 37.0 Å². The Morgan fingerprint density at radius 2 is 1.88 bits per heavy atom. The highest BCUT2D eigenvalue weighted by molar-refractivity contribution is 5.34. The molecule has 0 aliphatic heterocycles. The fraction of sp³-hybridized carbons (Fsp3) is 0.300. The molecule has 1 aliphatic rings. The van der Waals surface area contributed by atoms with Crippen molar-refractivity contribution in [2.24, 2.45) is 0 Å². The summed E-state index contributed by atoms with van der Waals surface area (Å²) in [6, 6.07) is 19.5. The van der Waals surface area contributed by atoms with Crippen LogP contribution in [0.2, 0.25) is 0 Å². The van der Waals surface area contributed by atoms with Crippen molar-refractivity contribution in [2.75, 3.05) is 12.4 Å². The molecule has 1 fully saturated rings. The van der Waals surface area contributed by atoms with Crippen LogP contribution in [0, 0.1) is 0 Å². The Labute approximate surface area is 152 Å². The number of ether oxygens (including phenoxy) is 1. The highest BCUT2D eigenvalue weighted by atomic mass is 16.5. The maximum Gasteiger partial charge on any atom is 0.315 e. The Kier molecular flexibility index (Phi) is 4.84. The molecule has 1 heterocycles. The van der Waals surface area contributed by atoms with E-state index in [1.807, 2.05) is 30.3 Å². The van der Waals surface area contributed by atoms with E-state index in [-0.39, 0.29) is 0 Å². The van der Waals surface area contributed by atoms with Crippen LogP contribution in [0.15, 0.2) is 59.0 Å². The molecular formula is C20H22N4O2. The minimum absolute atomic E-state index is 0.445. The van der Waals surface area contributed by atoms with Crippen molar-refractivity contribution in [1.29, 1.82) is 0 Å². The summed E-state index contributed by atoms with van der Waals surface area (Å²) in [7, 11) is 1.76. The van der Waals surface area contributed by atoms with Gasteiger partial charge in [-0.25, -0.2) is 0 Å². The third-order valence-corrected chi connectivity index (χ3v) is 4.54. The van der Waals surface area contributed by atoms with E-state index in [2.05, 4.69) is 45.1 Å². The Morgan fingerprint density at radius 3 is 2.62 bits per heavy atom. The van der Waals surface area contributed by atoms with Crippen molar-refractivity contribution >= 4 is 6.01 Å². The van der Waals surface area contributed by atoms with Crippen molar-refractivity contribution in [1.82, 2.24) is 15.5 Å². The lowest BCUT2D eigenvalue weighted by Crippen LogP contribution is -2.17. The predicted octanol–water partition coefficient (Wildman–Crippen LogP) is 3.34. The van der Waals surface area contributed by atoms with E-state index in [1.54, 1.807) is 7.05 Å². The second-order valence-electron chi connectivity index (χ2n) is 6.42. The summed E-state index contributed by atoms with van der Waals surface area (Å²) in [5.74, 6) is 2.03. The summed E-state index contributed by atoms with van der Waals surface area (Å²) >= 11 is 0. The highest BCUT2D eigenvalue weighted by Gasteiger charge is 2.38. The van der Waals surface area contributed by atoms with Gasteiger partial charge in [-0.3, -0.25) is 0 Å². The average molecular weight is 350 g/mol. The number of anilines is 1. The smallest absolute Gasteiger partial charge is 0.315 e. The lowest BCUT2D eigenvalue weighted by atomic mass is 10.1. The van der Waals surface area contributed by atoms with Gasteiger partial charge >= 0.3 is 6.01 Å². The van der Waals surface area contributed by atoms with Gasteiger partial charge < -0.3 is 19.8 Å². The molecule has 0 unspecified atom stereocenters. The summed E-state index contributed by atoms with van der Waals surface area (Å²) < 4.78 is 11.3. The van der Waals surface area contributed by atoms with Crippen molar-refractivity contribution in [3.8, 4) is 5.75 Å². The van der Waals surface area contributed by atoms with Crippen LogP contribution in [-0.4, -0.2) is 23.3 Å². The van der Waals surface area contributed by atoms with Crippen LogP contribution in [0.3, 0.4) is 0 Å². The van der Waals surface area contributed by atoms with E-state index >= 15 is 0 Å². The molecule has 0 radical (unpaired) electrons. The lowest BCUT2D eigenvalue weighted by molar-refractivity contribution is 0.306. The summed E-state index contributed by atoms with van der Waals surface area (Å²) in [5, 5.41) is 14.2. The lowest BCUT2D eigenvalue weighted by Gasteiger charge is -2.07. The second-order valence-corrected chi connectivity index (χ2v) is 6.42. The van der Waals surface area contributed by atoms with Gasteiger partial charge in [-0.15, -0.1) is 5.10 Å². The van der Waals surface area contributed by atoms with Gasteiger partial charge in [0.1, 0.15) is 12.4 Å². The van der Waals surface area contributed by atoms with Gasteiger partial charge in [0.25, 0.3) is 0 Å². The Bertz CT molecular complexity index is 833. The standard InChI is InChI=1S/C20H22N4O2/c1-21-20-24-23-19(26-20)12-22-18-11-17(18)15-7-9-16(10-8-15)25-13-14-5-3-2-4-6-14/h2-10,17-18,22H,11-13H2,1H3,(H,21,24)/t17-,18+/m0/s1. The monoisotopic (exact) mass is 350 g/mol. The molecule has 1 aliphatic carbocycles. The van der Waals surface area contributed by atoms with E-state index in [4.69, 9.17) is 9.15 Å². The van der Waals surface area contributed by atoms with Gasteiger partial charge in [-0.1, -0.05) is 47.6 Å². The van der Waals surface area contributed by atoms with Crippen molar-refractivity contribution in [3.63, 3.8) is 0 Å². The SMILES string of the molecule is CNc1nnc(CN[C@@H]2C[C@H]2c2ccc(OCc3ccccc3)cc2)o1. The highest BCUT2D eigenvalue weighted by Crippen LogP contribution is 2.41. The molecule has 4 rings (SSSR count). The van der Waals surface area contributed by atoms with Crippen LogP contribution in [-0.2, 0) is 13.2 Å². The fourth-order valence-corrected chi connectivity index (χ4v) is 2.99. The first-order valence-electron chi connectivity index (χ1n) is 8.82. The van der Waals surface area contributed by atoms with Gasteiger partial charge in [-0.2, -0.15) is 0 Å². The topological polar surface area (TPSA) is 72.2 Å². The summed E-state index contributed by atoms with van der Waals surface area (Å²) in [5.41, 5.74) is 2.50. The number of hydrogen-bond acceptors (Lipinski definition) is 6. The summed E-state index contributed by atoms with van der Waals surface area (Å²) in [6.07, 6.45) is 1.12. The van der Waals surface area contributed by atoms with Crippen LogP contribution in [0.25, 0.3) is 0 Å². The van der Waals surface area contributed by atoms with Crippen molar-refractivity contribution in [3.05, 3.63) is 71.6 Å². The number of nitrogens with one attached hydrogen (secondary N) is 2. The fourth-order valence-electron chi connectivity index (χ4n) is 2.99. The molecular weight excluding hydrogens is 328 g/mol. The van der Waals surface area contributed by atoms with Crippen LogP contribution in [0.5, 0.6) is 5.75 Å². The van der Waals surface area contributed by atoms with Gasteiger partial charge in [0.05, 0.1) is 6.54 Å². The molecule has 1 saturated carbocycles.